The third-order valence-electron chi connectivity index (χ3n) is 2.42. The van der Waals surface area contributed by atoms with Crippen molar-refractivity contribution < 1.29 is 4.79 Å². The molecule has 4 heteroatoms. The van der Waals surface area contributed by atoms with Crippen LogP contribution in [0.4, 0.5) is 5.69 Å². The summed E-state index contributed by atoms with van der Waals surface area (Å²) < 4.78 is 0. The zero-order valence-corrected chi connectivity index (χ0v) is 10.7. The maximum Gasteiger partial charge on any atom is 0.242 e. The molecule has 1 aromatic carbocycles. The third-order valence-corrected chi connectivity index (χ3v) is 5.07. The number of anilines is 1. The molecular weight excluding hydrogens is 310 g/mol. The van der Waals surface area contributed by atoms with Crippen LogP contribution in [0.5, 0.6) is 0 Å². The van der Waals surface area contributed by atoms with E-state index < -0.39 is 0 Å². The Hall–Kier alpha value is -0.350. The molecule has 1 amide bonds. The van der Waals surface area contributed by atoms with E-state index >= 15 is 0 Å². The lowest BCUT2D eigenvalue weighted by molar-refractivity contribution is -0.118. The Bertz CT molecular complexity index is 380. The van der Waals surface area contributed by atoms with Crippen molar-refractivity contribution in [3.05, 3.63) is 29.8 Å². The quantitative estimate of drug-likeness (QED) is 0.674. The van der Waals surface area contributed by atoms with Gasteiger partial charge in [0.25, 0.3) is 0 Å². The number of nitrogens with zero attached hydrogens (tertiary/aromatic N) is 1. The second-order valence-electron chi connectivity index (χ2n) is 3.26. The first kappa shape index (κ1) is 10.2. The number of benzene rings is 1. The molecule has 0 bridgehead atoms. The van der Waals surface area contributed by atoms with Crippen molar-refractivity contribution in [1.29, 1.82) is 0 Å². The molecule has 0 fully saturated rings. The highest BCUT2D eigenvalue weighted by molar-refractivity contribution is 9.12. The SMILES string of the molecule is CN1C(=O)[C@H](Br)[C@H](Br)c2ccccc21. The standard InChI is InChI=1S/C10H9Br2NO/c1-13-7-5-3-2-4-6(7)8(11)9(12)10(13)14/h2-5,8-9H,1H3/t8-,9-/m1/s1. The van der Waals surface area contributed by atoms with Crippen molar-refractivity contribution in [2.24, 2.45) is 0 Å². The average molecular weight is 319 g/mol. The molecule has 1 aliphatic heterocycles. The van der Waals surface area contributed by atoms with Gasteiger partial charge in [0.05, 0.1) is 4.83 Å². The number of rotatable bonds is 0. The lowest BCUT2D eigenvalue weighted by atomic mass is 10.0. The van der Waals surface area contributed by atoms with Crippen LogP contribution in [0.3, 0.4) is 0 Å². The van der Waals surface area contributed by atoms with Crippen LogP contribution in [0, 0.1) is 0 Å². The van der Waals surface area contributed by atoms with E-state index in [1.54, 1.807) is 11.9 Å². The number of carbonyl (C=O) groups is 1. The van der Waals surface area contributed by atoms with Crippen LogP contribution in [0.25, 0.3) is 0 Å². The van der Waals surface area contributed by atoms with E-state index in [9.17, 15) is 4.79 Å². The van der Waals surface area contributed by atoms with Gasteiger partial charge in [0.1, 0.15) is 4.83 Å². The molecule has 2 nitrogen and oxygen atoms in total. The fraction of sp³-hybridized carbons (Fsp3) is 0.300. The van der Waals surface area contributed by atoms with E-state index in [-0.39, 0.29) is 15.6 Å². The van der Waals surface area contributed by atoms with E-state index in [1.165, 1.54) is 0 Å². The maximum atomic E-state index is 11.7. The molecule has 0 saturated carbocycles. The summed E-state index contributed by atoms with van der Waals surface area (Å²) in [6, 6.07) is 7.92. The van der Waals surface area contributed by atoms with Gasteiger partial charge in [-0.25, -0.2) is 0 Å². The van der Waals surface area contributed by atoms with Crippen molar-refractivity contribution in [2.75, 3.05) is 11.9 Å². The van der Waals surface area contributed by atoms with Gasteiger partial charge >= 0.3 is 0 Å². The first-order valence-corrected chi connectivity index (χ1v) is 6.10. The minimum absolute atomic E-state index is 0.0578. The Morgan fingerprint density at radius 3 is 2.57 bits per heavy atom. The second-order valence-corrected chi connectivity index (χ2v) is 5.23. The second kappa shape index (κ2) is 3.66. The molecule has 0 radical (unpaired) electrons. The highest BCUT2D eigenvalue weighted by Crippen LogP contribution is 2.41. The molecule has 2 atom stereocenters. The van der Waals surface area contributed by atoms with Crippen molar-refractivity contribution in [1.82, 2.24) is 0 Å². The van der Waals surface area contributed by atoms with Gasteiger partial charge in [0.15, 0.2) is 0 Å². The zero-order valence-electron chi connectivity index (χ0n) is 7.58. The topological polar surface area (TPSA) is 20.3 Å². The number of amides is 1. The van der Waals surface area contributed by atoms with Crippen molar-refractivity contribution in [3.8, 4) is 0 Å². The third kappa shape index (κ3) is 1.41. The van der Waals surface area contributed by atoms with E-state index in [4.69, 9.17) is 0 Å². The Morgan fingerprint density at radius 1 is 1.21 bits per heavy atom. The number of halogens is 2. The molecule has 14 heavy (non-hydrogen) atoms. The van der Waals surface area contributed by atoms with E-state index in [1.807, 2.05) is 24.3 Å². The van der Waals surface area contributed by atoms with Gasteiger partial charge in [-0.2, -0.15) is 0 Å². The average Bonchev–Trinajstić information content (AvgIpc) is 2.23. The monoisotopic (exact) mass is 317 g/mol. The number of alkyl halides is 2. The molecule has 2 rings (SSSR count). The van der Waals surface area contributed by atoms with Crippen molar-refractivity contribution in [3.63, 3.8) is 0 Å². The number of fused-ring (bicyclic) bond motifs is 1. The first-order chi connectivity index (χ1) is 6.63. The summed E-state index contributed by atoms with van der Waals surface area (Å²) >= 11 is 6.92. The van der Waals surface area contributed by atoms with Gasteiger partial charge < -0.3 is 4.90 Å². The number of hydrogen-bond acceptors (Lipinski definition) is 1. The fourth-order valence-corrected chi connectivity index (χ4v) is 2.82. The summed E-state index contributed by atoms with van der Waals surface area (Å²) in [6.07, 6.45) is 0. The number of hydrogen-bond donors (Lipinski definition) is 0. The number of carbonyl (C=O) groups excluding carboxylic acids is 1. The predicted molar refractivity (Wildman–Crippen MR) is 64.2 cm³/mol. The molecule has 0 saturated heterocycles. The van der Waals surface area contributed by atoms with Crippen molar-refractivity contribution in [2.45, 2.75) is 9.65 Å². The molecule has 0 N–H and O–H groups in total. The summed E-state index contributed by atoms with van der Waals surface area (Å²) in [5.41, 5.74) is 2.13. The molecule has 0 spiro atoms. The molecule has 0 aromatic heterocycles. The molecule has 1 heterocycles. The van der Waals surface area contributed by atoms with Crippen LogP contribution in [-0.2, 0) is 4.79 Å². The highest BCUT2D eigenvalue weighted by atomic mass is 79.9. The molecule has 0 aliphatic carbocycles. The lowest BCUT2D eigenvalue weighted by Gasteiger charge is -2.32. The summed E-state index contributed by atoms with van der Waals surface area (Å²) in [4.78, 5) is 13.3. The van der Waals surface area contributed by atoms with Gasteiger partial charge in [0.2, 0.25) is 5.91 Å². The lowest BCUT2D eigenvalue weighted by Crippen LogP contribution is -2.40. The molecule has 74 valence electrons. The first-order valence-electron chi connectivity index (χ1n) is 4.27. The van der Waals surface area contributed by atoms with E-state index in [0.29, 0.717) is 0 Å². The summed E-state index contributed by atoms with van der Waals surface area (Å²) in [6.45, 7) is 0. The van der Waals surface area contributed by atoms with Crippen LogP contribution in [0.15, 0.2) is 24.3 Å². The zero-order chi connectivity index (χ0) is 10.3. The number of para-hydroxylation sites is 1. The van der Waals surface area contributed by atoms with E-state index in [0.717, 1.165) is 11.3 Å². The predicted octanol–water partition coefficient (Wildman–Crippen LogP) is 2.86. The summed E-state index contributed by atoms with van der Waals surface area (Å²) in [5, 5.41) is 0. The van der Waals surface area contributed by atoms with Gasteiger partial charge in [-0.15, -0.1) is 0 Å². The maximum absolute atomic E-state index is 11.7. The van der Waals surface area contributed by atoms with Crippen molar-refractivity contribution >= 4 is 43.5 Å². The fourth-order valence-electron chi connectivity index (χ4n) is 1.61. The normalized spacial score (nSPS) is 26.2. The van der Waals surface area contributed by atoms with Crippen LogP contribution >= 0.6 is 31.9 Å². The van der Waals surface area contributed by atoms with Crippen LogP contribution in [-0.4, -0.2) is 17.8 Å². The van der Waals surface area contributed by atoms with Crippen LogP contribution in [0.2, 0.25) is 0 Å². The van der Waals surface area contributed by atoms with Gasteiger partial charge in [0, 0.05) is 12.7 Å². The Morgan fingerprint density at radius 2 is 1.86 bits per heavy atom. The summed E-state index contributed by atoms with van der Waals surface area (Å²) in [7, 11) is 1.80. The van der Waals surface area contributed by atoms with E-state index in [2.05, 4.69) is 31.9 Å². The van der Waals surface area contributed by atoms with Gasteiger partial charge in [-0.3, -0.25) is 4.79 Å². The Balaban J connectivity index is 2.56. The minimum atomic E-state index is -0.178. The summed E-state index contributed by atoms with van der Waals surface area (Å²) in [5.74, 6) is 0.0885. The van der Waals surface area contributed by atoms with Crippen LogP contribution in [0.1, 0.15) is 10.4 Å². The highest BCUT2D eigenvalue weighted by Gasteiger charge is 2.35. The molecule has 1 aliphatic rings. The smallest absolute Gasteiger partial charge is 0.242 e. The largest absolute Gasteiger partial charge is 0.314 e. The molecule has 0 unspecified atom stereocenters. The molecular formula is C10H9Br2NO. The Labute approximate surface area is 99.5 Å². The Kier molecular flexibility index (Phi) is 2.66. The van der Waals surface area contributed by atoms with Gasteiger partial charge in [-0.05, 0) is 11.6 Å². The minimum Gasteiger partial charge on any atom is -0.314 e. The van der Waals surface area contributed by atoms with Gasteiger partial charge in [-0.1, -0.05) is 50.1 Å². The molecule has 1 aromatic rings. The van der Waals surface area contributed by atoms with Crippen LogP contribution < -0.4 is 4.90 Å².